The van der Waals surface area contributed by atoms with Gasteiger partial charge in [0.1, 0.15) is 11.3 Å². The average Bonchev–Trinajstić information content (AvgIpc) is 2.04. The Hall–Kier alpha value is -1.39. The van der Waals surface area contributed by atoms with Gasteiger partial charge in [-0.1, -0.05) is 0 Å². The molecular formula is C8H11FO4. The summed E-state index contributed by atoms with van der Waals surface area (Å²) in [4.78, 5) is 21.7. The predicted octanol–water partition coefficient (Wildman–Crippen LogP) is 0.920. The molecule has 0 saturated carbocycles. The van der Waals surface area contributed by atoms with Gasteiger partial charge in [0, 0.05) is 0 Å². The Kier molecular flexibility index (Phi) is 4.72. The zero-order valence-electron chi connectivity index (χ0n) is 7.46. The average molecular weight is 190 g/mol. The second-order valence-electron chi connectivity index (χ2n) is 2.24. The highest BCUT2D eigenvalue weighted by Crippen LogP contribution is 2.06. The molecule has 0 aromatic rings. The van der Waals surface area contributed by atoms with Crippen LogP contribution in [0.2, 0.25) is 0 Å². The van der Waals surface area contributed by atoms with Gasteiger partial charge in [-0.15, -0.1) is 0 Å². The first-order chi connectivity index (χ1) is 6.04. The molecule has 0 unspecified atom stereocenters. The molecule has 0 amide bonds. The van der Waals surface area contributed by atoms with Crippen LogP contribution >= 0.6 is 0 Å². The summed E-state index contributed by atoms with van der Waals surface area (Å²) in [6.07, 6.45) is 0. The van der Waals surface area contributed by atoms with E-state index in [1.54, 1.807) is 6.92 Å². The van der Waals surface area contributed by atoms with Gasteiger partial charge in [0.05, 0.1) is 6.61 Å². The lowest BCUT2D eigenvalue weighted by Crippen LogP contribution is -2.19. The van der Waals surface area contributed by atoms with Crippen LogP contribution in [0.25, 0.3) is 0 Å². The van der Waals surface area contributed by atoms with Crippen molar-refractivity contribution in [2.75, 3.05) is 13.3 Å². The van der Waals surface area contributed by atoms with Gasteiger partial charge in [0.15, 0.2) is 6.67 Å². The van der Waals surface area contributed by atoms with Crippen LogP contribution in [0.5, 0.6) is 0 Å². The first-order valence-electron chi connectivity index (χ1n) is 3.70. The number of esters is 1. The highest BCUT2D eigenvalue weighted by atomic mass is 19.1. The number of ketones is 1. The van der Waals surface area contributed by atoms with Crippen molar-refractivity contribution in [2.24, 2.45) is 0 Å². The number of aliphatic hydroxyl groups excluding tert-OH is 1. The summed E-state index contributed by atoms with van der Waals surface area (Å²) in [6, 6.07) is 0. The van der Waals surface area contributed by atoms with Crippen molar-refractivity contribution in [3.63, 3.8) is 0 Å². The maximum atomic E-state index is 11.9. The molecule has 0 rings (SSSR count). The summed E-state index contributed by atoms with van der Waals surface area (Å²) in [5.74, 6) is -2.59. The molecule has 0 aromatic heterocycles. The van der Waals surface area contributed by atoms with Gasteiger partial charge in [0.2, 0.25) is 5.78 Å². The Balaban J connectivity index is 4.75. The van der Waals surface area contributed by atoms with E-state index in [4.69, 9.17) is 5.11 Å². The molecule has 13 heavy (non-hydrogen) atoms. The van der Waals surface area contributed by atoms with Crippen LogP contribution in [-0.4, -0.2) is 30.1 Å². The third kappa shape index (κ3) is 3.23. The first-order valence-corrected chi connectivity index (χ1v) is 3.70. The fourth-order valence-corrected chi connectivity index (χ4v) is 0.733. The Morgan fingerprint density at radius 3 is 2.31 bits per heavy atom. The van der Waals surface area contributed by atoms with Gasteiger partial charge in [-0.05, 0) is 13.8 Å². The number of carbonyl (C=O) groups excluding carboxylic acids is 2. The number of aliphatic hydroxyl groups is 1. The normalized spacial score (nSPS) is 11.9. The first kappa shape index (κ1) is 11.6. The molecule has 0 heterocycles. The number of allylic oxidation sites excluding steroid dienone is 1. The molecule has 0 spiro atoms. The number of rotatable bonds is 4. The predicted molar refractivity (Wildman–Crippen MR) is 42.9 cm³/mol. The van der Waals surface area contributed by atoms with Crippen molar-refractivity contribution in [1.29, 1.82) is 0 Å². The lowest BCUT2D eigenvalue weighted by atomic mass is 10.1. The fourth-order valence-electron chi connectivity index (χ4n) is 0.733. The lowest BCUT2D eigenvalue weighted by molar-refractivity contribution is -0.140. The standard InChI is InChI=1S/C8H11FO4/c1-3-13-8(12)7(5(2)10)6(11)4-9/h10H,3-4H2,1-2H3/b7-5-. The third-order valence-electron chi connectivity index (χ3n) is 1.24. The number of ether oxygens (including phenoxy) is 1. The third-order valence-corrected chi connectivity index (χ3v) is 1.24. The van der Waals surface area contributed by atoms with Gasteiger partial charge in [-0.2, -0.15) is 0 Å². The molecule has 0 aliphatic rings. The van der Waals surface area contributed by atoms with E-state index in [0.717, 1.165) is 6.92 Å². The maximum absolute atomic E-state index is 11.9. The Morgan fingerprint density at radius 1 is 1.46 bits per heavy atom. The van der Waals surface area contributed by atoms with E-state index < -0.39 is 29.8 Å². The number of carbonyl (C=O) groups is 2. The van der Waals surface area contributed by atoms with Crippen molar-refractivity contribution in [3.05, 3.63) is 11.3 Å². The van der Waals surface area contributed by atoms with E-state index >= 15 is 0 Å². The Labute approximate surface area is 75.0 Å². The molecule has 0 saturated heterocycles. The summed E-state index contributed by atoms with van der Waals surface area (Å²) in [5.41, 5.74) is -0.621. The topological polar surface area (TPSA) is 63.6 Å². The van der Waals surface area contributed by atoms with Crippen LogP contribution in [0.4, 0.5) is 4.39 Å². The molecule has 1 N–H and O–H groups in total. The lowest BCUT2D eigenvalue weighted by Gasteiger charge is -2.04. The van der Waals surface area contributed by atoms with Gasteiger partial charge in [0.25, 0.3) is 0 Å². The molecule has 0 bridgehead atoms. The zero-order valence-corrected chi connectivity index (χ0v) is 7.46. The molecule has 0 aliphatic carbocycles. The molecule has 0 fully saturated rings. The number of hydrogen-bond acceptors (Lipinski definition) is 4. The number of hydrogen-bond donors (Lipinski definition) is 1. The summed E-state index contributed by atoms with van der Waals surface area (Å²) in [6.45, 7) is 1.41. The van der Waals surface area contributed by atoms with E-state index in [-0.39, 0.29) is 6.61 Å². The minimum Gasteiger partial charge on any atom is -0.512 e. The second kappa shape index (κ2) is 5.29. The smallest absolute Gasteiger partial charge is 0.345 e. The minimum absolute atomic E-state index is 0.0647. The van der Waals surface area contributed by atoms with Crippen LogP contribution in [0.1, 0.15) is 13.8 Å². The van der Waals surface area contributed by atoms with E-state index in [0.29, 0.717) is 0 Å². The molecule has 0 radical (unpaired) electrons. The van der Waals surface area contributed by atoms with Gasteiger partial charge in [-0.25, -0.2) is 9.18 Å². The molecule has 4 nitrogen and oxygen atoms in total. The summed E-state index contributed by atoms with van der Waals surface area (Å²) >= 11 is 0. The molecular weight excluding hydrogens is 179 g/mol. The Morgan fingerprint density at radius 2 is 2.00 bits per heavy atom. The van der Waals surface area contributed by atoms with Gasteiger partial charge in [-0.3, -0.25) is 4.79 Å². The van der Waals surface area contributed by atoms with Gasteiger partial charge < -0.3 is 9.84 Å². The van der Waals surface area contributed by atoms with Crippen molar-refractivity contribution in [3.8, 4) is 0 Å². The van der Waals surface area contributed by atoms with Crippen LogP contribution in [0.3, 0.4) is 0 Å². The summed E-state index contributed by atoms with van der Waals surface area (Å²) < 4.78 is 16.3. The number of Topliss-reactive ketones (excluding diaryl/α,β-unsaturated/α-hetero) is 1. The van der Waals surface area contributed by atoms with E-state index in [1.807, 2.05) is 0 Å². The fraction of sp³-hybridized carbons (Fsp3) is 0.500. The van der Waals surface area contributed by atoms with E-state index in [1.165, 1.54) is 0 Å². The highest BCUT2D eigenvalue weighted by Gasteiger charge is 2.22. The van der Waals surface area contributed by atoms with Crippen LogP contribution in [0, 0.1) is 0 Å². The van der Waals surface area contributed by atoms with Crippen molar-refractivity contribution in [2.45, 2.75) is 13.8 Å². The quantitative estimate of drug-likeness (QED) is 0.235. The van der Waals surface area contributed by atoms with Crippen molar-refractivity contribution >= 4 is 11.8 Å². The highest BCUT2D eigenvalue weighted by molar-refractivity contribution is 6.18. The van der Waals surface area contributed by atoms with Crippen LogP contribution < -0.4 is 0 Å². The number of alkyl halides is 1. The van der Waals surface area contributed by atoms with E-state index in [2.05, 4.69) is 4.74 Å². The van der Waals surface area contributed by atoms with Crippen molar-refractivity contribution < 1.29 is 23.8 Å². The minimum atomic E-state index is -1.33. The molecule has 5 heteroatoms. The molecule has 0 atom stereocenters. The van der Waals surface area contributed by atoms with E-state index in [9.17, 15) is 14.0 Å². The van der Waals surface area contributed by atoms with Crippen LogP contribution in [-0.2, 0) is 14.3 Å². The Bertz CT molecular complexity index is 241. The summed E-state index contributed by atoms with van der Waals surface area (Å²) in [7, 11) is 0. The summed E-state index contributed by atoms with van der Waals surface area (Å²) in [5, 5.41) is 8.90. The van der Waals surface area contributed by atoms with Crippen LogP contribution in [0.15, 0.2) is 11.3 Å². The zero-order chi connectivity index (χ0) is 10.4. The number of halogens is 1. The molecule has 0 aliphatic heterocycles. The monoisotopic (exact) mass is 190 g/mol. The van der Waals surface area contributed by atoms with Crippen molar-refractivity contribution in [1.82, 2.24) is 0 Å². The SMILES string of the molecule is CCOC(=O)/C(C(=O)CF)=C(/C)O. The van der Waals surface area contributed by atoms with Gasteiger partial charge >= 0.3 is 5.97 Å². The largest absolute Gasteiger partial charge is 0.512 e. The second-order valence-corrected chi connectivity index (χ2v) is 2.24. The molecule has 0 aromatic carbocycles. The molecule has 74 valence electrons. The maximum Gasteiger partial charge on any atom is 0.345 e.